The molecule has 1 aromatic rings. The van der Waals surface area contributed by atoms with Crippen molar-refractivity contribution in [1.29, 1.82) is 0 Å². The quantitative estimate of drug-likeness (QED) is 0.481. The third kappa shape index (κ3) is 3.15. The van der Waals surface area contributed by atoms with Gasteiger partial charge in [0.05, 0.1) is 12.7 Å². The summed E-state index contributed by atoms with van der Waals surface area (Å²) >= 11 is 0. The van der Waals surface area contributed by atoms with Gasteiger partial charge in [-0.3, -0.25) is 15.1 Å². The van der Waals surface area contributed by atoms with E-state index in [0.29, 0.717) is 6.04 Å². The summed E-state index contributed by atoms with van der Waals surface area (Å²) in [5.74, 6) is 5.70. The highest BCUT2D eigenvalue weighted by Gasteiger charge is 2.25. The number of carbonyl (C=O) groups excluding carboxylic acids is 1. The van der Waals surface area contributed by atoms with Gasteiger partial charge in [0.15, 0.2) is 5.76 Å². The van der Waals surface area contributed by atoms with Crippen molar-refractivity contribution in [3.63, 3.8) is 0 Å². The van der Waals surface area contributed by atoms with Gasteiger partial charge in [-0.05, 0) is 26.8 Å². The molecular formula is C13H21N3O3. The first-order valence-corrected chi connectivity index (χ1v) is 6.47. The van der Waals surface area contributed by atoms with Crippen molar-refractivity contribution in [3.8, 4) is 0 Å². The molecular weight excluding hydrogens is 246 g/mol. The second kappa shape index (κ2) is 5.73. The van der Waals surface area contributed by atoms with E-state index in [2.05, 4.69) is 24.2 Å². The Hall–Kier alpha value is -1.37. The number of hydrogen-bond donors (Lipinski definition) is 2. The van der Waals surface area contributed by atoms with Crippen molar-refractivity contribution in [1.82, 2.24) is 10.3 Å². The first-order valence-electron chi connectivity index (χ1n) is 6.47. The summed E-state index contributed by atoms with van der Waals surface area (Å²) in [5, 5.41) is 0. The number of nitrogens with zero attached hydrogens (tertiary/aromatic N) is 1. The number of hydrogen-bond acceptors (Lipinski definition) is 5. The van der Waals surface area contributed by atoms with Crippen molar-refractivity contribution < 1.29 is 13.9 Å². The summed E-state index contributed by atoms with van der Waals surface area (Å²) in [6, 6.07) is 2.11. The molecule has 2 atom stereocenters. The summed E-state index contributed by atoms with van der Waals surface area (Å²) in [4.78, 5) is 13.8. The van der Waals surface area contributed by atoms with Crippen LogP contribution in [-0.2, 0) is 11.3 Å². The minimum atomic E-state index is -0.405. The van der Waals surface area contributed by atoms with Gasteiger partial charge in [0.1, 0.15) is 5.76 Å². The molecule has 1 fully saturated rings. The Morgan fingerprint density at radius 3 is 3.00 bits per heavy atom. The van der Waals surface area contributed by atoms with Crippen molar-refractivity contribution in [2.75, 3.05) is 13.2 Å². The summed E-state index contributed by atoms with van der Waals surface area (Å²) in [6.45, 7) is 8.42. The van der Waals surface area contributed by atoms with Crippen LogP contribution in [0.4, 0.5) is 0 Å². The summed E-state index contributed by atoms with van der Waals surface area (Å²) < 4.78 is 11.0. The lowest BCUT2D eigenvalue weighted by atomic mass is 10.1. The van der Waals surface area contributed by atoms with E-state index in [9.17, 15) is 4.79 Å². The smallest absolute Gasteiger partial charge is 0.300 e. The lowest BCUT2D eigenvalue weighted by Gasteiger charge is -2.36. The minimum absolute atomic E-state index is 0.232. The minimum Gasteiger partial charge on any atom is -0.456 e. The molecule has 2 rings (SSSR count). The van der Waals surface area contributed by atoms with E-state index < -0.39 is 5.91 Å². The summed E-state index contributed by atoms with van der Waals surface area (Å²) in [7, 11) is 0. The fraction of sp³-hybridized carbons (Fsp3) is 0.615. The maximum Gasteiger partial charge on any atom is 0.300 e. The number of furan rings is 1. The normalized spacial score (nSPS) is 24.4. The molecule has 2 heterocycles. The van der Waals surface area contributed by atoms with Gasteiger partial charge < -0.3 is 9.15 Å². The Bertz CT molecular complexity index is 458. The number of aryl methyl sites for hydroxylation is 1. The predicted octanol–water partition coefficient (Wildman–Crippen LogP) is 0.801. The van der Waals surface area contributed by atoms with Crippen molar-refractivity contribution in [2.45, 2.75) is 39.5 Å². The Kier molecular flexibility index (Phi) is 4.24. The van der Waals surface area contributed by atoms with E-state index in [-0.39, 0.29) is 11.9 Å². The van der Waals surface area contributed by atoms with Gasteiger partial charge in [-0.25, -0.2) is 5.84 Å². The lowest BCUT2D eigenvalue weighted by molar-refractivity contribution is -0.0527. The molecule has 0 spiro atoms. The van der Waals surface area contributed by atoms with E-state index in [1.165, 1.54) is 0 Å². The molecule has 0 radical (unpaired) electrons. The van der Waals surface area contributed by atoms with Gasteiger partial charge in [0.2, 0.25) is 0 Å². The van der Waals surface area contributed by atoms with E-state index in [4.69, 9.17) is 15.0 Å². The van der Waals surface area contributed by atoms with E-state index in [0.717, 1.165) is 31.0 Å². The number of nitrogens with two attached hydrogens (primary N) is 1. The summed E-state index contributed by atoms with van der Waals surface area (Å²) in [6.07, 6.45) is 0.232. The van der Waals surface area contributed by atoms with Crippen LogP contribution in [0.1, 0.15) is 35.7 Å². The zero-order valence-corrected chi connectivity index (χ0v) is 11.6. The van der Waals surface area contributed by atoms with E-state index >= 15 is 0 Å². The SMILES string of the molecule is Cc1oc(C(=O)NN)cc1CN1CC(C)OCC1C. The first kappa shape index (κ1) is 14.0. The maximum absolute atomic E-state index is 11.4. The molecule has 6 nitrogen and oxygen atoms in total. The molecule has 3 N–H and O–H groups in total. The van der Waals surface area contributed by atoms with Gasteiger partial charge in [0.25, 0.3) is 0 Å². The van der Waals surface area contributed by atoms with E-state index in [1.807, 2.05) is 6.92 Å². The van der Waals surface area contributed by atoms with Crippen LogP contribution in [0.2, 0.25) is 0 Å². The average molecular weight is 267 g/mol. The molecule has 0 aromatic carbocycles. The number of ether oxygens (including phenoxy) is 1. The van der Waals surface area contributed by atoms with Crippen LogP contribution in [0.5, 0.6) is 0 Å². The van der Waals surface area contributed by atoms with E-state index in [1.54, 1.807) is 6.07 Å². The largest absolute Gasteiger partial charge is 0.456 e. The number of carbonyl (C=O) groups is 1. The number of hydrazine groups is 1. The second-order valence-corrected chi connectivity index (χ2v) is 5.09. The number of amides is 1. The topological polar surface area (TPSA) is 80.7 Å². The number of rotatable bonds is 3. The third-order valence-corrected chi connectivity index (χ3v) is 3.49. The third-order valence-electron chi connectivity index (χ3n) is 3.49. The van der Waals surface area contributed by atoms with Gasteiger partial charge in [-0.2, -0.15) is 0 Å². The monoisotopic (exact) mass is 267 g/mol. The average Bonchev–Trinajstić information content (AvgIpc) is 2.74. The molecule has 19 heavy (non-hydrogen) atoms. The van der Waals surface area contributed by atoms with Crippen LogP contribution in [0.25, 0.3) is 0 Å². The van der Waals surface area contributed by atoms with Crippen LogP contribution in [0, 0.1) is 6.92 Å². The molecule has 1 aromatic heterocycles. The highest BCUT2D eigenvalue weighted by Crippen LogP contribution is 2.20. The molecule has 1 saturated heterocycles. The molecule has 1 aliphatic heterocycles. The number of nitrogens with one attached hydrogen (secondary N) is 1. The van der Waals surface area contributed by atoms with Gasteiger partial charge >= 0.3 is 5.91 Å². The maximum atomic E-state index is 11.4. The van der Waals surface area contributed by atoms with Gasteiger partial charge in [-0.1, -0.05) is 0 Å². The highest BCUT2D eigenvalue weighted by molar-refractivity contribution is 5.91. The molecule has 2 unspecified atom stereocenters. The Morgan fingerprint density at radius 1 is 1.58 bits per heavy atom. The highest BCUT2D eigenvalue weighted by atomic mass is 16.5. The van der Waals surface area contributed by atoms with Crippen LogP contribution < -0.4 is 11.3 Å². The van der Waals surface area contributed by atoms with Crippen molar-refractivity contribution in [3.05, 3.63) is 23.2 Å². The second-order valence-electron chi connectivity index (χ2n) is 5.09. The van der Waals surface area contributed by atoms with Crippen LogP contribution in [-0.4, -0.2) is 36.1 Å². The van der Waals surface area contributed by atoms with Crippen LogP contribution >= 0.6 is 0 Å². The zero-order chi connectivity index (χ0) is 14.0. The predicted molar refractivity (Wildman–Crippen MR) is 70.4 cm³/mol. The fourth-order valence-electron chi connectivity index (χ4n) is 2.27. The molecule has 6 heteroatoms. The zero-order valence-electron chi connectivity index (χ0n) is 11.6. The van der Waals surface area contributed by atoms with Gasteiger partial charge in [0, 0.05) is 24.7 Å². The van der Waals surface area contributed by atoms with Crippen molar-refractivity contribution in [2.24, 2.45) is 5.84 Å². The molecule has 106 valence electrons. The lowest BCUT2D eigenvalue weighted by Crippen LogP contribution is -2.46. The van der Waals surface area contributed by atoms with Crippen molar-refractivity contribution >= 4 is 5.91 Å². The molecule has 0 bridgehead atoms. The molecule has 0 saturated carbocycles. The Labute approximate surface area is 112 Å². The summed E-state index contributed by atoms with van der Waals surface area (Å²) in [5.41, 5.74) is 3.09. The molecule has 0 aliphatic carbocycles. The number of nitrogen functional groups attached to an aromatic ring is 1. The van der Waals surface area contributed by atoms with Crippen LogP contribution in [0.15, 0.2) is 10.5 Å². The molecule has 1 amide bonds. The van der Waals surface area contributed by atoms with Crippen LogP contribution in [0.3, 0.4) is 0 Å². The van der Waals surface area contributed by atoms with Gasteiger partial charge in [-0.15, -0.1) is 0 Å². The number of morpholine rings is 1. The fourth-order valence-corrected chi connectivity index (χ4v) is 2.27. The standard InChI is InChI=1S/C13H21N3O3/c1-8-7-18-9(2)5-16(8)6-11-4-12(13(17)15-14)19-10(11)3/h4,8-9H,5-7,14H2,1-3H3,(H,15,17). The first-order chi connectivity index (χ1) is 9.01. The Morgan fingerprint density at radius 2 is 2.32 bits per heavy atom. The Balaban J connectivity index is 2.10. The molecule has 1 aliphatic rings.